The average Bonchev–Trinajstić information content (AvgIpc) is 2.93. The summed E-state index contributed by atoms with van der Waals surface area (Å²) in [7, 11) is 0.475. The first-order valence-corrected chi connectivity index (χ1v) is 15.8. The van der Waals surface area contributed by atoms with Crippen LogP contribution >= 0.6 is 0 Å². The van der Waals surface area contributed by atoms with Gasteiger partial charge in [-0.3, -0.25) is 0 Å². The van der Waals surface area contributed by atoms with E-state index < -0.39 is 26.4 Å². The summed E-state index contributed by atoms with van der Waals surface area (Å²) in [5.74, 6) is -0.321. The highest BCUT2D eigenvalue weighted by molar-refractivity contribution is 7.02. The van der Waals surface area contributed by atoms with Gasteiger partial charge in [-0.05, 0) is 51.9 Å². The molecule has 6 nitrogen and oxygen atoms in total. The molecule has 2 saturated heterocycles. The van der Waals surface area contributed by atoms with E-state index in [0.29, 0.717) is 43.2 Å². The number of carbonyl (C=O) groups is 1. The van der Waals surface area contributed by atoms with Crippen LogP contribution in [0.4, 0.5) is 14.5 Å². The van der Waals surface area contributed by atoms with Crippen LogP contribution in [0.25, 0.3) is 5.57 Å². The van der Waals surface area contributed by atoms with E-state index in [2.05, 4.69) is 43.1 Å². The van der Waals surface area contributed by atoms with Gasteiger partial charge in [0, 0.05) is 23.4 Å². The number of carboxylic acids is 1. The van der Waals surface area contributed by atoms with Gasteiger partial charge >= 0.3 is 5.97 Å². The van der Waals surface area contributed by atoms with Crippen LogP contribution in [0.2, 0.25) is 6.55 Å². The van der Waals surface area contributed by atoms with E-state index in [1.165, 1.54) is 26.4 Å². The molecule has 1 unspecified atom stereocenters. The fourth-order valence-corrected chi connectivity index (χ4v) is 9.25. The Bertz CT molecular complexity index is 1550. The topological polar surface area (TPSA) is 62.0 Å². The lowest BCUT2D eigenvalue weighted by Crippen LogP contribution is -2.53. The normalized spacial score (nSPS) is 23.6. The minimum atomic E-state index is -2.55. The van der Waals surface area contributed by atoms with Crippen LogP contribution in [0.5, 0.6) is 11.5 Å². The summed E-state index contributed by atoms with van der Waals surface area (Å²) in [6.07, 6.45) is 4.55. The number of methoxy groups -OCH3 is 2. The Kier molecular flexibility index (Phi) is 6.29. The molecule has 0 radical (unpaired) electrons. The van der Waals surface area contributed by atoms with Crippen molar-refractivity contribution in [2.24, 2.45) is 0 Å². The number of hydrogen-bond donors (Lipinski definition) is 1. The number of aromatic carboxylic acids is 1. The molecule has 0 aromatic heterocycles. The van der Waals surface area contributed by atoms with Crippen molar-refractivity contribution in [2.45, 2.75) is 18.9 Å². The number of ether oxygens (including phenoxy) is 2. The number of hydrogen-bond acceptors (Lipinski definition) is 4. The van der Waals surface area contributed by atoms with Crippen molar-refractivity contribution in [1.82, 2.24) is 0 Å². The Balaban J connectivity index is 1.66. The highest BCUT2D eigenvalue weighted by Gasteiger charge is 2.44. The number of fused-ring (bicyclic) bond motifs is 2. The second-order valence-electron chi connectivity index (χ2n) is 10.8. The molecule has 2 fully saturated rings. The van der Waals surface area contributed by atoms with Gasteiger partial charge in [-0.1, -0.05) is 18.3 Å². The van der Waals surface area contributed by atoms with Gasteiger partial charge in [0.15, 0.2) is 18.8 Å². The van der Waals surface area contributed by atoms with Crippen LogP contribution in [-0.4, -0.2) is 82.2 Å². The summed E-state index contributed by atoms with van der Waals surface area (Å²) in [5.41, 5.74) is 7.48. The van der Waals surface area contributed by atoms with Crippen LogP contribution in [0.15, 0.2) is 71.6 Å². The molecule has 9 heteroatoms. The number of benzene rings is 2. The van der Waals surface area contributed by atoms with Crippen molar-refractivity contribution in [3.05, 3.63) is 88.3 Å². The van der Waals surface area contributed by atoms with E-state index in [0.717, 1.165) is 38.5 Å². The average molecular weight is 562 g/mol. The second kappa shape index (κ2) is 9.59. The third-order valence-corrected chi connectivity index (χ3v) is 12.4. The van der Waals surface area contributed by atoms with Crippen LogP contribution in [0.3, 0.4) is 0 Å². The lowest BCUT2D eigenvalue weighted by atomic mass is 9.87. The Hall–Kier alpha value is -3.98. The fraction of sp³-hybridized carbons (Fsp3) is 0.290. The van der Waals surface area contributed by atoms with Crippen molar-refractivity contribution in [1.29, 1.82) is 0 Å². The van der Waals surface area contributed by atoms with E-state index in [4.69, 9.17) is 9.47 Å². The molecule has 206 valence electrons. The minimum Gasteiger partial charge on any atom is -0.496 e. The van der Waals surface area contributed by atoms with E-state index in [1.807, 2.05) is 21.6 Å². The van der Waals surface area contributed by atoms with Gasteiger partial charge in [-0.2, -0.15) is 0 Å². The van der Waals surface area contributed by atoms with Crippen LogP contribution < -0.4 is 19.6 Å². The van der Waals surface area contributed by atoms with Gasteiger partial charge in [0.25, 0.3) is 0 Å². The monoisotopic (exact) mass is 561 g/mol. The van der Waals surface area contributed by atoms with Crippen LogP contribution in [-0.2, 0) is 0 Å². The predicted octanol–water partition coefficient (Wildman–Crippen LogP) is 4.23. The largest absolute Gasteiger partial charge is 0.496 e. The van der Waals surface area contributed by atoms with Crippen LogP contribution in [0.1, 0.15) is 21.5 Å². The molecule has 2 aromatic carbocycles. The molecule has 0 amide bonds. The number of nitrogens with zero attached hydrogens (tertiary/aromatic N) is 2. The molecule has 0 spiro atoms. The van der Waals surface area contributed by atoms with Gasteiger partial charge in [0.1, 0.15) is 25.7 Å². The molecule has 1 aliphatic carbocycles. The molecule has 1 atom stereocenters. The number of carboxylic acid groups (broad SMARTS) is 1. The van der Waals surface area contributed by atoms with Gasteiger partial charge < -0.3 is 19.5 Å². The van der Waals surface area contributed by atoms with E-state index >= 15 is 0 Å². The third-order valence-electron chi connectivity index (χ3n) is 8.48. The molecule has 1 N–H and O–H groups in total. The van der Waals surface area contributed by atoms with Crippen molar-refractivity contribution in [2.75, 3.05) is 45.3 Å². The number of allylic oxidation sites excluding steroid dienone is 5. The Morgan fingerprint density at radius 1 is 1.10 bits per heavy atom. The highest BCUT2D eigenvalue weighted by atomic mass is 28.3. The smallest absolute Gasteiger partial charge is 0.335 e. The lowest BCUT2D eigenvalue weighted by molar-refractivity contribution is -0.599. The Morgan fingerprint density at radius 3 is 2.33 bits per heavy atom. The number of anilines is 1. The quantitative estimate of drug-likeness (QED) is 0.423. The van der Waals surface area contributed by atoms with Crippen LogP contribution in [0, 0.1) is 0 Å². The van der Waals surface area contributed by atoms with Crippen molar-refractivity contribution in [3.63, 3.8) is 0 Å². The molecule has 3 aliphatic heterocycles. The third kappa shape index (κ3) is 3.94. The van der Waals surface area contributed by atoms with Gasteiger partial charge in [0.05, 0.1) is 38.4 Å². The maximum Gasteiger partial charge on any atom is 0.335 e. The second-order valence-corrected chi connectivity index (χ2v) is 14.7. The summed E-state index contributed by atoms with van der Waals surface area (Å²) in [6.45, 7) is 7.97. The van der Waals surface area contributed by atoms with E-state index in [9.17, 15) is 18.7 Å². The molecule has 3 heterocycles. The summed E-state index contributed by atoms with van der Waals surface area (Å²) in [6, 6.07) is 9.24. The zero-order valence-electron chi connectivity index (χ0n) is 22.7. The number of halogens is 2. The first kappa shape index (κ1) is 26.3. The van der Waals surface area contributed by atoms with Crippen molar-refractivity contribution in [3.8, 4) is 11.5 Å². The number of rotatable bonds is 6. The van der Waals surface area contributed by atoms with Crippen molar-refractivity contribution < 1.29 is 32.7 Å². The lowest BCUT2D eigenvalue weighted by Gasteiger charge is -2.41. The van der Waals surface area contributed by atoms with Gasteiger partial charge in [-0.15, -0.1) is 6.58 Å². The molecule has 0 saturated carbocycles. The number of alkyl halides is 2. The maximum absolute atomic E-state index is 13.8. The molecule has 4 aliphatic rings. The summed E-state index contributed by atoms with van der Waals surface area (Å²) >= 11 is 0. The summed E-state index contributed by atoms with van der Waals surface area (Å²) < 4.78 is 41.1. The van der Waals surface area contributed by atoms with Crippen molar-refractivity contribution >= 4 is 36.2 Å². The zero-order valence-corrected chi connectivity index (χ0v) is 23.7. The van der Waals surface area contributed by atoms with Gasteiger partial charge in [0.2, 0.25) is 6.17 Å². The zero-order chi connectivity index (χ0) is 28.3. The Morgan fingerprint density at radius 2 is 1.77 bits per heavy atom. The van der Waals surface area contributed by atoms with Gasteiger partial charge in [-0.25, -0.2) is 18.2 Å². The van der Waals surface area contributed by atoms with E-state index in [-0.39, 0.29) is 5.56 Å². The fourth-order valence-electron chi connectivity index (χ4n) is 6.09. The molecule has 40 heavy (non-hydrogen) atoms. The molecular weight excluding hydrogens is 530 g/mol. The standard InChI is InChI=1S/C31H30F2N2O4Si/c1-5-40(4)27-12-21(34-14-19(32)15-34)6-8-23(27)29(24-9-7-22(13-28(24)40)35-16-20(33)17-35)30-25(38-2)10-18(31(36)37)11-26(30)39-3/h5-13,19-20H,1,14-17H2,2-4H3/p+1. The molecular formula is C31H31F2N2O4Si+. The summed E-state index contributed by atoms with van der Waals surface area (Å²) in [4.78, 5) is 13.9. The first-order chi connectivity index (χ1) is 19.2. The molecule has 6 rings (SSSR count). The molecule has 0 bridgehead atoms. The summed E-state index contributed by atoms with van der Waals surface area (Å²) in [5, 5.41) is 11.9. The Labute approximate surface area is 232 Å². The molecule has 2 aromatic rings. The minimum absolute atomic E-state index is 0.0578. The maximum atomic E-state index is 13.8. The van der Waals surface area contributed by atoms with E-state index in [1.54, 1.807) is 0 Å². The predicted molar refractivity (Wildman–Crippen MR) is 155 cm³/mol. The highest BCUT2D eigenvalue weighted by Crippen LogP contribution is 2.48. The SMILES string of the molecule is C=C[Si]1(C)C2=CC(=[N+]3CC(F)C3)C=CC2=C(c2c(OC)cc(C(=O)O)cc2OC)c2ccc(N3CC(F)C3)cc21. The first-order valence-electron chi connectivity index (χ1n) is 13.3.